The van der Waals surface area contributed by atoms with Gasteiger partial charge in [0.15, 0.2) is 4.80 Å². The summed E-state index contributed by atoms with van der Waals surface area (Å²) in [6, 6.07) is 7.24. The van der Waals surface area contributed by atoms with Crippen LogP contribution in [0.3, 0.4) is 0 Å². The Hall–Kier alpha value is -1.51. The van der Waals surface area contributed by atoms with E-state index in [0.717, 1.165) is 23.3 Å². The number of rotatable bonds is 5. The number of carbonyl (C=O) groups is 1. The van der Waals surface area contributed by atoms with Crippen LogP contribution in [0.4, 0.5) is 0 Å². The number of allylic oxidation sites excluding steroid dienone is 1. The molecular formula is C22H18I2N2O4S2. The van der Waals surface area contributed by atoms with Gasteiger partial charge in [0.05, 0.1) is 36.7 Å². The molecule has 3 aromatic rings. The van der Waals surface area contributed by atoms with Crippen LogP contribution >= 0.6 is 67.9 Å². The summed E-state index contributed by atoms with van der Waals surface area (Å²) in [5.41, 5.74) is 1.70. The van der Waals surface area contributed by atoms with E-state index in [2.05, 4.69) is 50.2 Å². The third-order valence-corrected chi connectivity index (χ3v) is 8.36. The van der Waals surface area contributed by atoms with E-state index in [-0.39, 0.29) is 12.2 Å². The van der Waals surface area contributed by atoms with Crippen molar-refractivity contribution in [2.45, 2.75) is 19.9 Å². The minimum atomic E-state index is -0.552. The summed E-state index contributed by atoms with van der Waals surface area (Å²) in [7, 11) is 1.64. The molecule has 1 aliphatic rings. The normalized spacial score (nSPS) is 16.0. The van der Waals surface area contributed by atoms with Crippen LogP contribution in [-0.4, -0.2) is 24.3 Å². The average Bonchev–Trinajstić information content (AvgIpc) is 3.36. The number of halogens is 2. The molecule has 166 valence electrons. The average molecular weight is 692 g/mol. The molecule has 1 aromatic carbocycles. The lowest BCUT2D eigenvalue weighted by atomic mass is 10.0. The molecule has 0 bridgehead atoms. The largest absolute Gasteiger partial charge is 0.495 e. The molecule has 0 N–H and O–H groups in total. The molecule has 32 heavy (non-hydrogen) atoms. The van der Waals surface area contributed by atoms with E-state index in [1.165, 1.54) is 22.7 Å². The minimum absolute atomic E-state index is 0.178. The monoisotopic (exact) mass is 692 g/mol. The van der Waals surface area contributed by atoms with Gasteiger partial charge in [0.2, 0.25) is 0 Å². The predicted octanol–water partition coefficient (Wildman–Crippen LogP) is 4.08. The number of benzene rings is 1. The quantitative estimate of drug-likeness (QED) is 0.299. The number of fused-ring (bicyclic) bond motifs is 1. The Morgan fingerprint density at radius 1 is 1.31 bits per heavy atom. The number of carbonyl (C=O) groups excluding carboxylic acids is 1. The highest BCUT2D eigenvalue weighted by molar-refractivity contribution is 14.1. The number of thiazole rings is 1. The molecular weight excluding hydrogens is 674 g/mol. The second-order valence-electron chi connectivity index (χ2n) is 6.84. The zero-order valence-corrected chi connectivity index (χ0v) is 23.3. The lowest BCUT2D eigenvalue weighted by Gasteiger charge is -2.23. The fraction of sp³-hybridized carbons (Fsp3) is 0.227. The first-order chi connectivity index (χ1) is 15.3. The third kappa shape index (κ3) is 4.33. The number of thiophene rings is 1. The molecule has 0 spiro atoms. The van der Waals surface area contributed by atoms with Gasteiger partial charge in [-0.3, -0.25) is 9.36 Å². The molecule has 0 fully saturated rings. The van der Waals surface area contributed by atoms with E-state index < -0.39 is 12.0 Å². The zero-order valence-electron chi connectivity index (χ0n) is 17.3. The molecule has 3 heterocycles. The van der Waals surface area contributed by atoms with E-state index in [1.807, 2.05) is 35.7 Å². The SMILES string of the molecule is CCOC(=O)C1=C(C)N=c2s/c(=C\c3cc(I)c(OC)c(I)c3)c(=O)n2C1c1cccs1. The summed E-state index contributed by atoms with van der Waals surface area (Å²) in [5, 5.41) is 1.94. The van der Waals surface area contributed by atoms with E-state index in [1.54, 1.807) is 25.5 Å². The maximum absolute atomic E-state index is 13.5. The number of aromatic nitrogens is 1. The molecule has 6 nitrogen and oxygen atoms in total. The first-order valence-electron chi connectivity index (χ1n) is 9.61. The topological polar surface area (TPSA) is 69.9 Å². The first-order valence-corrected chi connectivity index (χ1v) is 13.5. The van der Waals surface area contributed by atoms with Crippen molar-refractivity contribution < 1.29 is 14.3 Å². The molecule has 1 atom stereocenters. The van der Waals surface area contributed by atoms with Crippen LogP contribution < -0.4 is 19.6 Å². The summed E-state index contributed by atoms with van der Waals surface area (Å²) in [6.45, 7) is 3.81. The van der Waals surface area contributed by atoms with Crippen molar-refractivity contribution in [1.29, 1.82) is 0 Å². The summed E-state index contributed by atoms with van der Waals surface area (Å²) >= 11 is 7.27. The summed E-state index contributed by atoms with van der Waals surface area (Å²) < 4.78 is 14.8. The molecule has 0 amide bonds. The third-order valence-electron chi connectivity index (χ3n) is 4.85. The summed E-state index contributed by atoms with van der Waals surface area (Å²) in [5.74, 6) is 0.373. The molecule has 1 aliphatic heterocycles. The number of methoxy groups -OCH3 is 1. The van der Waals surface area contributed by atoms with Crippen molar-refractivity contribution in [2.75, 3.05) is 13.7 Å². The van der Waals surface area contributed by atoms with Gasteiger partial charge < -0.3 is 9.47 Å². The lowest BCUT2D eigenvalue weighted by Crippen LogP contribution is -2.39. The van der Waals surface area contributed by atoms with Crippen LogP contribution in [-0.2, 0) is 9.53 Å². The number of nitrogens with zero attached hydrogens (tertiary/aromatic N) is 2. The Labute approximate surface area is 219 Å². The Balaban J connectivity index is 1.92. The summed E-state index contributed by atoms with van der Waals surface area (Å²) in [4.78, 5) is 32.4. The molecule has 2 aromatic heterocycles. The first kappa shape index (κ1) is 23.6. The zero-order chi connectivity index (χ0) is 23.0. The van der Waals surface area contributed by atoms with Gasteiger partial charge in [-0.1, -0.05) is 17.4 Å². The molecule has 10 heteroatoms. The van der Waals surface area contributed by atoms with Crippen molar-refractivity contribution in [1.82, 2.24) is 4.57 Å². The predicted molar refractivity (Wildman–Crippen MR) is 143 cm³/mol. The van der Waals surface area contributed by atoms with Crippen molar-refractivity contribution in [2.24, 2.45) is 4.99 Å². The van der Waals surface area contributed by atoms with Gasteiger partial charge in [-0.15, -0.1) is 11.3 Å². The van der Waals surface area contributed by atoms with E-state index in [0.29, 0.717) is 20.6 Å². The Bertz CT molecular complexity index is 1380. The number of hydrogen-bond acceptors (Lipinski definition) is 7. The van der Waals surface area contributed by atoms with Gasteiger partial charge in [0.1, 0.15) is 11.8 Å². The molecule has 1 unspecified atom stereocenters. The second kappa shape index (κ2) is 9.77. The van der Waals surface area contributed by atoms with Crippen LogP contribution in [0.15, 0.2) is 50.7 Å². The smallest absolute Gasteiger partial charge is 0.338 e. The molecule has 4 rings (SSSR count). The van der Waals surface area contributed by atoms with Gasteiger partial charge >= 0.3 is 5.97 Å². The summed E-state index contributed by atoms with van der Waals surface area (Å²) in [6.07, 6.45) is 1.86. The van der Waals surface area contributed by atoms with Gasteiger partial charge in [0.25, 0.3) is 5.56 Å². The Morgan fingerprint density at radius 3 is 2.62 bits per heavy atom. The van der Waals surface area contributed by atoms with Gasteiger partial charge in [0, 0.05) is 4.88 Å². The van der Waals surface area contributed by atoms with Crippen LogP contribution in [0.5, 0.6) is 5.75 Å². The fourth-order valence-corrected chi connectivity index (χ4v) is 7.64. The molecule has 0 radical (unpaired) electrons. The van der Waals surface area contributed by atoms with Crippen LogP contribution in [0.25, 0.3) is 6.08 Å². The van der Waals surface area contributed by atoms with Crippen molar-refractivity contribution in [3.8, 4) is 5.75 Å². The Morgan fingerprint density at radius 2 is 2.03 bits per heavy atom. The van der Waals surface area contributed by atoms with E-state index >= 15 is 0 Å². The van der Waals surface area contributed by atoms with Crippen molar-refractivity contribution >= 4 is 79.9 Å². The van der Waals surface area contributed by atoms with Gasteiger partial charge in [-0.2, -0.15) is 0 Å². The highest BCUT2D eigenvalue weighted by atomic mass is 127. The van der Waals surface area contributed by atoms with E-state index in [9.17, 15) is 9.59 Å². The van der Waals surface area contributed by atoms with Crippen molar-refractivity contribution in [3.05, 3.63) is 78.2 Å². The molecule has 0 saturated heterocycles. The Kier molecular flexibility index (Phi) is 7.22. The maximum atomic E-state index is 13.5. The van der Waals surface area contributed by atoms with Crippen LogP contribution in [0.2, 0.25) is 0 Å². The van der Waals surface area contributed by atoms with Crippen LogP contribution in [0, 0.1) is 7.14 Å². The number of ether oxygens (including phenoxy) is 2. The number of esters is 1. The van der Waals surface area contributed by atoms with Gasteiger partial charge in [-0.25, -0.2) is 9.79 Å². The minimum Gasteiger partial charge on any atom is -0.495 e. The number of hydrogen-bond donors (Lipinski definition) is 0. The highest BCUT2D eigenvalue weighted by Gasteiger charge is 2.33. The van der Waals surface area contributed by atoms with Crippen LogP contribution in [0.1, 0.15) is 30.3 Å². The fourth-order valence-electron chi connectivity index (χ4n) is 3.52. The second-order valence-corrected chi connectivity index (χ2v) is 11.1. The van der Waals surface area contributed by atoms with Crippen molar-refractivity contribution in [3.63, 3.8) is 0 Å². The lowest BCUT2D eigenvalue weighted by molar-refractivity contribution is -0.139. The van der Waals surface area contributed by atoms with Gasteiger partial charge in [-0.05, 0) is 94.2 Å². The maximum Gasteiger partial charge on any atom is 0.338 e. The standard InChI is InChI=1S/C22H18I2N2O4S2/c1-4-30-21(28)17-11(2)25-22-26(18(17)15-6-5-7-31-15)20(27)16(32-22)10-12-8-13(23)19(29-3)14(24)9-12/h5-10,18H,4H2,1-3H3/b16-10-. The van der Waals surface area contributed by atoms with E-state index in [4.69, 9.17) is 9.47 Å². The molecule has 0 saturated carbocycles. The molecule has 0 aliphatic carbocycles. The highest BCUT2D eigenvalue weighted by Crippen LogP contribution is 2.33.